The number of aromatic nitrogens is 4. The average molecular weight is 328 g/mol. The Labute approximate surface area is 130 Å². The third kappa shape index (κ3) is 3.01. The maximum atomic E-state index is 13.0. The van der Waals surface area contributed by atoms with Crippen LogP contribution in [0, 0.1) is 0 Å². The molecule has 0 atom stereocenters. The molecule has 0 saturated heterocycles. The van der Waals surface area contributed by atoms with Crippen molar-refractivity contribution in [2.75, 3.05) is 30.4 Å². The fraction of sp³-hybridized carbons (Fsp3) is 0.462. The predicted molar refractivity (Wildman–Crippen MR) is 76.3 cm³/mol. The van der Waals surface area contributed by atoms with E-state index in [0.29, 0.717) is 30.5 Å². The monoisotopic (exact) mass is 328 g/mol. The zero-order valence-electron chi connectivity index (χ0n) is 12.6. The molecule has 0 fully saturated rings. The van der Waals surface area contributed by atoms with E-state index in [4.69, 9.17) is 4.74 Å². The van der Waals surface area contributed by atoms with Crippen molar-refractivity contribution in [3.63, 3.8) is 0 Å². The molecule has 0 aromatic carbocycles. The van der Waals surface area contributed by atoms with Gasteiger partial charge in [-0.3, -0.25) is 4.68 Å². The molecule has 124 valence electrons. The van der Waals surface area contributed by atoms with Crippen LogP contribution in [0.25, 0.3) is 0 Å². The number of alkyl halides is 3. The van der Waals surface area contributed by atoms with Gasteiger partial charge in [-0.1, -0.05) is 0 Å². The number of nitrogens with zero attached hydrogens (tertiary/aromatic N) is 5. The van der Waals surface area contributed by atoms with Gasteiger partial charge >= 0.3 is 6.18 Å². The molecular formula is C13H15F3N6O. The van der Waals surface area contributed by atoms with Gasteiger partial charge in [0.25, 0.3) is 0 Å². The van der Waals surface area contributed by atoms with Gasteiger partial charge in [0.1, 0.15) is 12.9 Å². The van der Waals surface area contributed by atoms with Crippen LogP contribution in [-0.2, 0) is 19.8 Å². The first-order valence-corrected chi connectivity index (χ1v) is 6.89. The van der Waals surface area contributed by atoms with Crippen molar-refractivity contribution in [2.24, 2.45) is 7.05 Å². The Morgan fingerprint density at radius 2 is 2.17 bits per heavy atom. The molecule has 2 aromatic rings. The Morgan fingerprint density at radius 1 is 1.39 bits per heavy atom. The summed E-state index contributed by atoms with van der Waals surface area (Å²) in [6, 6.07) is 0. The summed E-state index contributed by atoms with van der Waals surface area (Å²) in [5.41, 5.74) is -0.826. The lowest BCUT2D eigenvalue weighted by Gasteiger charge is -2.25. The van der Waals surface area contributed by atoms with Gasteiger partial charge in [-0.15, -0.1) is 0 Å². The van der Waals surface area contributed by atoms with Crippen LogP contribution >= 0.6 is 0 Å². The van der Waals surface area contributed by atoms with Crippen LogP contribution < -0.4 is 15.0 Å². The third-order valence-electron chi connectivity index (χ3n) is 3.37. The smallest absolute Gasteiger partial charge is 0.435 e. The van der Waals surface area contributed by atoms with Crippen LogP contribution in [0.1, 0.15) is 11.3 Å². The first-order valence-electron chi connectivity index (χ1n) is 6.89. The van der Waals surface area contributed by atoms with Crippen LogP contribution in [0.3, 0.4) is 0 Å². The van der Waals surface area contributed by atoms with E-state index in [9.17, 15) is 13.2 Å². The molecule has 10 heteroatoms. The van der Waals surface area contributed by atoms with Gasteiger partial charge < -0.3 is 15.0 Å². The van der Waals surface area contributed by atoms with E-state index in [1.807, 2.05) is 0 Å². The summed E-state index contributed by atoms with van der Waals surface area (Å²) in [7, 11) is 3.10. The van der Waals surface area contributed by atoms with E-state index in [1.54, 1.807) is 11.9 Å². The summed E-state index contributed by atoms with van der Waals surface area (Å²) in [4.78, 5) is 9.77. The number of rotatable bonds is 3. The molecule has 0 radical (unpaired) electrons. The average Bonchev–Trinajstić information content (AvgIpc) is 2.87. The molecule has 7 nitrogen and oxygen atoms in total. The molecule has 3 rings (SSSR count). The van der Waals surface area contributed by atoms with Gasteiger partial charge in [-0.2, -0.15) is 18.3 Å². The lowest BCUT2D eigenvalue weighted by molar-refractivity contribution is -0.142. The molecule has 1 aliphatic heterocycles. The van der Waals surface area contributed by atoms with Crippen LogP contribution in [0.5, 0.6) is 5.75 Å². The number of aryl methyl sites for hydroxylation is 1. The summed E-state index contributed by atoms with van der Waals surface area (Å²) in [6.07, 6.45) is -1.80. The number of hydrogen-bond donors (Lipinski definition) is 1. The van der Waals surface area contributed by atoms with E-state index in [0.717, 1.165) is 4.68 Å². The number of ether oxygens (including phenoxy) is 1. The van der Waals surface area contributed by atoms with Crippen LogP contribution in [0.15, 0.2) is 12.5 Å². The molecule has 3 heterocycles. The first-order chi connectivity index (χ1) is 10.9. The highest BCUT2D eigenvalue weighted by Gasteiger charge is 2.37. The molecule has 2 aromatic heterocycles. The summed E-state index contributed by atoms with van der Waals surface area (Å²) in [5.74, 6) is 1.41. The van der Waals surface area contributed by atoms with Crippen molar-refractivity contribution in [1.82, 2.24) is 19.7 Å². The normalized spacial score (nSPS) is 14.0. The van der Waals surface area contributed by atoms with E-state index in [-0.39, 0.29) is 12.1 Å². The zero-order chi connectivity index (χ0) is 16.6. The van der Waals surface area contributed by atoms with Crippen molar-refractivity contribution in [2.45, 2.75) is 12.7 Å². The molecule has 23 heavy (non-hydrogen) atoms. The van der Waals surface area contributed by atoms with E-state index >= 15 is 0 Å². The molecule has 0 amide bonds. The number of hydrogen-bond acceptors (Lipinski definition) is 6. The third-order valence-corrected chi connectivity index (χ3v) is 3.37. The van der Waals surface area contributed by atoms with Gasteiger partial charge in [0.2, 0.25) is 5.75 Å². The predicted octanol–water partition coefficient (Wildman–Crippen LogP) is 1.67. The molecule has 0 aliphatic carbocycles. The summed E-state index contributed by atoms with van der Waals surface area (Å²) >= 11 is 0. The second-order valence-corrected chi connectivity index (χ2v) is 5.18. The van der Waals surface area contributed by atoms with Crippen LogP contribution in [0.2, 0.25) is 0 Å². The lowest BCUT2D eigenvalue weighted by Crippen LogP contribution is -2.25. The molecule has 1 N–H and O–H groups in total. The number of fused-ring (bicyclic) bond motifs is 1. The molecule has 1 aliphatic rings. The van der Waals surface area contributed by atoms with Gasteiger partial charge in [0.15, 0.2) is 17.3 Å². The minimum atomic E-state index is -4.50. The number of nitrogens with one attached hydrogen (secondary N) is 1. The quantitative estimate of drug-likeness (QED) is 0.924. The zero-order valence-corrected chi connectivity index (χ0v) is 12.6. The van der Waals surface area contributed by atoms with Gasteiger partial charge in [-0.25, -0.2) is 9.97 Å². The van der Waals surface area contributed by atoms with Crippen molar-refractivity contribution >= 4 is 11.6 Å². The number of anilines is 2. The minimum absolute atomic E-state index is 0.00447. The molecule has 0 spiro atoms. The molecule has 0 unspecified atom stereocenters. The van der Waals surface area contributed by atoms with Crippen molar-refractivity contribution in [3.05, 3.63) is 23.8 Å². The topological polar surface area (TPSA) is 68.1 Å². The number of halogens is 3. The van der Waals surface area contributed by atoms with E-state index < -0.39 is 11.9 Å². The molecule has 0 bridgehead atoms. The standard InChI is InChI=1S/C13H15F3N6O/c1-21(5-8-6-22(2)20-10(8)13(14,15)16)12-9-11(18-7-19-12)17-3-4-23-9/h6-7H,3-5H2,1-2H3,(H,17,18,19). The highest BCUT2D eigenvalue weighted by atomic mass is 19.4. The first kappa shape index (κ1) is 15.4. The lowest BCUT2D eigenvalue weighted by atomic mass is 10.2. The Morgan fingerprint density at radius 3 is 2.91 bits per heavy atom. The highest BCUT2D eigenvalue weighted by Crippen LogP contribution is 2.35. The Balaban J connectivity index is 1.90. The fourth-order valence-electron chi connectivity index (χ4n) is 2.44. The Hall–Kier alpha value is -2.52. The summed E-state index contributed by atoms with van der Waals surface area (Å²) < 4.78 is 45.8. The molecular weight excluding hydrogens is 313 g/mol. The Bertz CT molecular complexity index is 714. The van der Waals surface area contributed by atoms with Crippen molar-refractivity contribution < 1.29 is 17.9 Å². The maximum absolute atomic E-state index is 13.0. The highest BCUT2D eigenvalue weighted by molar-refractivity contribution is 5.65. The van der Waals surface area contributed by atoms with Gasteiger partial charge in [0, 0.05) is 32.4 Å². The van der Waals surface area contributed by atoms with Crippen LogP contribution in [0.4, 0.5) is 24.8 Å². The van der Waals surface area contributed by atoms with Crippen molar-refractivity contribution in [3.8, 4) is 5.75 Å². The Kier molecular flexibility index (Phi) is 3.74. The summed E-state index contributed by atoms with van der Waals surface area (Å²) in [5, 5.41) is 6.57. The fourth-order valence-corrected chi connectivity index (χ4v) is 2.44. The largest absolute Gasteiger partial charge is 0.485 e. The van der Waals surface area contributed by atoms with Crippen LogP contribution in [-0.4, -0.2) is 39.9 Å². The van der Waals surface area contributed by atoms with Crippen molar-refractivity contribution in [1.29, 1.82) is 0 Å². The van der Waals surface area contributed by atoms with Gasteiger partial charge in [-0.05, 0) is 0 Å². The second-order valence-electron chi connectivity index (χ2n) is 5.18. The van der Waals surface area contributed by atoms with Gasteiger partial charge in [0.05, 0.1) is 6.54 Å². The van der Waals surface area contributed by atoms with E-state index in [2.05, 4.69) is 20.4 Å². The second kappa shape index (κ2) is 5.60. The van der Waals surface area contributed by atoms with E-state index in [1.165, 1.54) is 19.6 Å². The maximum Gasteiger partial charge on any atom is 0.435 e. The SMILES string of the molecule is CN(Cc1cn(C)nc1C(F)(F)F)c1ncnc2c1OCCN2. The molecule has 0 saturated carbocycles. The minimum Gasteiger partial charge on any atom is -0.485 e. The summed E-state index contributed by atoms with van der Waals surface area (Å²) in [6.45, 7) is 1.06.